The zero-order chi connectivity index (χ0) is 19.0. The number of nitrogens with zero attached hydrogens (tertiary/aromatic N) is 2. The molecular weight excluding hydrogens is 378 g/mol. The van der Waals surface area contributed by atoms with E-state index in [4.69, 9.17) is 4.42 Å². The number of piperazine rings is 1. The number of furan rings is 1. The van der Waals surface area contributed by atoms with Gasteiger partial charge in [-0.05, 0) is 49.9 Å². The smallest absolute Gasteiger partial charge is 0.236 e. The quantitative estimate of drug-likeness (QED) is 0.851. The number of aryl methyl sites for hydroxylation is 2. The van der Waals surface area contributed by atoms with Crippen LogP contribution in [0, 0.1) is 13.8 Å². The van der Waals surface area contributed by atoms with Gasteiger partial charge in [0.25, 0.3) is 0 Å². The first kappa shape index (κ1) is 20.7. The molecule has 2 saturated heterocycles. The molecule has 2 fully saturated rings. The van der Waals surface area contributed by atoms with E-state index in [1.165, 1.54) is 11.1 Å². The Morgan fingerprint density at radius 1 is 1.25 bits per heavy atom. The summed E-state index contributed by atoms with van der Waals surface area (Å²) in [6.07, 6.45) is 3.97. The Hall–Kier alpha value is -2.05. The van der Waals surface area contributed by atoms with Crippen LogP contribution in [-0.4, -0.2) is 60.4 Å². The number of hydrogen-bond acceptors (Lipinski definition) is 4. The average molecular weight is 406 g/mol. The van der Waals surface area contributed by atoms with Crippen LogP contribution in [0.25, 0.3) is 11.0 Å². The van der Waals surface area contributed by atoms with Crippen LogP contribution < -0.4 is 5.32 Å². The minimum absolute atomic E-state index is 0. The number of carbonyl (C=O) groups is 2. The lowest BCUT2D eigenvalue weighted by Gasteiger charge is -2.41. The SMILES string of the molecule is Cc1cc2occ(CC(=O)N3CCCC(N4CCNCC4=O)C3)c2cc1C.Cl. The molecule has 0 aliphatic carbocycles. The molecule has 28 heavy (non-hydrogen) atoms. The second kappa shape index (κ2) is 8.53. The van der Waals surface area contributed by atoms with E-state index in [0.717, 1.165) is 49.0 Å². The van der Waals surface area contributed by atoms with Gasteiger partial charge in [0.1, 0.15) is 5.58 Å². The van der Waals surface area contributed by atoms with Gasteiger partial charge in [0.05, 0.1) is 19.2 Å². The molecule has 0 radical (unpaired) electrons. The van der Waals surface area contributed by atoms with E-state index in [0.29, 0.717) is 19.5 Å². The van der Waals surface area contributed by atoms with Gasteiger partial charge in [-0.3, -0.25) is 9.59 Å². The van der Waals surface area contributed by atoms with Crippen LogP contribution in [0.3, 0.4) is 0 Å². The fourth-order valence-electron chi connectivity index (χ4n) is 4.19. The van der Waals surface area contributed by atoms with Crippen LogP contribution in [0.5, 0.6) is 0 Å². The van der Waals surface area contributed by atoms with Crippen molar-refractivity contribution < 1.29 is 14.0 Å². The van der Waals surface area contributed by atoms with Gasteiger partial charge in [0.2, 0.25) is 11.8 Å². The summed E-state index contributed by atoms with van der Waals surface area (Å²) >= 11 is 0. The molecule has 3 heterocycles. The molecular formula is C21H28ClN3O3. The third-order valence-corrected chi connectivity index (χ3v) is 5.93. The van der Waals surface area contributed by atoms with Crippen LogP contribution in [0.1, 0.15) is 29.5 Å². The standard InChI is InChI=1S/C21H27N3O3.ClH/c1-14-8-18-16(13-27-19(18)9-15(14)2)10-20(25)23-6-3-4-17(12-23)24-7-5-22-11-21(24)26;/h8-9,13,17,22H,3-7,10-12H2,1-2H3;1H. The Bertz CT molecular complexity index is 879. The van der Waals surface area contributed by atoms with Gasteiger partial charge >= 0.3 is 0 Å². The van der Waals surface area contributed by atoms with Crippen molar-refractivity contribution in [2.45, 2.75) is 39.2 Å². The molecule has 1 aromatic heterocycles. The summed E-state index contributed by atoms with van der Waals surface area (Å²) in [4.78, 5) is 29.0. The first-order valence-electron chi connectivity index (χ1n) is 9.78. The first-order chi connectivity index (χ1) is 13.0. The molecule has 4 rings (SSSR count). The third-order valence-electron chi connectivity index (χ3n) is 5.93. The normalized spacial score (nSPS) is 20.4. The lowest BCUT2D eigenvalue weighted by molar-refractivity contribution is -0.140. The molecule has 2 aromatic rings. The highest BCUT2D eigenvalue weighted by Gasteiger charge is 2.31. The molecule has 7 heteroatoms. The summed E-state index contributed by atoms with van der Waals surface area (Å²) < 4.78 is 5.67. The number of rotatable bonds is 3. The number of likely N-dealkylation sites (tertiary alicyclic amines) is 1. The number of nitrogens with one attached hydrogen (secondary N) is 1. The van der Waals surface area contributed by atoms with Crippen LogP contribution >= 0.6 is 12.4 Å². The summed E-state index contributed by atoms with van der Waals surface area (Å²) in [6.45, 7) is 7.51. The van der Waals surface area contributed by atoms with Gasteiger partial charge in [-0.1, -0.05) is 0 Å². The van der Waals surface area contributed by atoms with Gasteiger partial charge in [-0.2, -0.15) is 0 Å². The van der Waals surface area contributed by atoms with Crippen molar-refractivity contribution >= 4 is 35.2 Å². The van der Waals surface area contributed by atoms with E-state index in [9.17, 15) is 9.59 Å². The molecule has 0 spiro atoms. The summed E-state index contributed by atoms with van der Waals surface area (Å²) in [5, 5.41) is 4.14. The molecule has 152 valence electrons. The largest absolute Gasteiger partial charge is 0.464 e. The second-order valence-corrected chi connectivity index (χ2v) is 7.77. The summed E-state index contributed by atoms with van der Waals surface area (Å²) in [5.41, 5.74) is 4.17. The molecule has 0 saturated carbocycles. The van der Waals surface area contributed by atoms with E-state index in [1.807, 2.05) is 15.9 Å². The Morgan fingerprint density at radius 2 is 2.04 bits per heavy atom. The lowest BCUT2D eigenvalue weighted by Crippen LogP contribution is -2.57. The van der Waals surface area contributed by atoms with Gasteiger partial charge < -0.3 is 19.5 Å². The van der Waals surface area contributed by atoms with Crippen molar-refractivity contribution in [2.75, 3.05) is 32.7 Å². The highest BCUT2D eigenvalue weighted by molar-refractivity contribution is 5.88. The molecule has 1 aromatic carbocycles. The molecule has 0 bridgehead atoms. The van der Waals surface area contributed by atoms with Crippen LogP contribution in [0.2, 0.25) is 0 Å². The van der Waals surface area contributed by atoms with E-state index in [-0.39, 0.29) is 30.3 Å². The van der Waals surface area contributed by atoms with E-state index in [2.05, 4.69) is 25.2 Å². The maximum atomic E-state index is 12.9. The molecule has 1 N–H and O–H groups in total. The van der Waals surface area contributed by atoms with Crippen LogP contribution in [0.4, 0.5) is 0 Å². The molecule has 6 nitrogen and oxygen atoms in total. The van der Waals surface area contributed by atoms with Crippen molar-refractivity contribution in [3.63, 3.8) is 0 Å². The van der Waals surface area contributed by atoms with Gasteiger partial charge in [0, 0.05) is 43.2 Å². The summed E-state index contributed by atoms with van der Waals surface area (Å²) in [5.74, 6) is 0.260. The van der Waals surface area contributed by atoms with Gasteiger partial charge in [-0.25, -0.2) is 0 Å². The maximum Gasteiger partial charge on any atom is 0.236 e. The van der Waals surface area contributed by atoms with Gasteiger partial charge in [-0.15, -0.1) is 12.4 Å². The number of halogens is 1. The minimum Gasteiger partial charge on any atom is -0.464 e. The highest BCUT2D eigenvalue weighted by atomic mass is 35.5. The molecule has 1 atom stereocenters. The van der Waals surface area contributed by atoms with Gasteiger partial charge in [0.15, 0.2) is 0 Å². The zero-order valence-electron chi connectivity index (χ0n) is 16.5. The van der Waals surface area contributed by atoms with Crippen molar-refractivity contribution in [1.82, 2.24) is 15.1 Å². The molecule has 2 amide bonds. The lowest BCUT2D eigenvalue weighted by atomic mass is 10.0. The Kier molecular flexibility index (Phi) is 6.30. The van der Waals surface area contributed by atoms with Crippen LogP contribution in [0.15, 0.2) is 22.8 Å². The van der Waals surface area contributed by atoms with E-state index < -0.39 is 0 Å². The number of hydrogen-bond donors (Lipinski definition) is 1. The summed E-state index contributed by atoms with van der Waals surface area (Å²) in [7, 11) is 0. The number of piperidine rings is 1. The van der Waals surface area contributed by atoms with E-state index in [1.54, 1.807) is 6.26 Å². The van der Waals surface area contributed by atoms with Crippen molar-refractivity contribution in [2.24, 2.45) is 0 Å². The second-order valence-electron chi connectivity index (χ2n) is 7.77. The average Bonchev–Trinajstić information content (AvgIpc) is 3.04. The Morgan fingerprint density at radius 3 is 2.82 bits per heavy atom. The predicted molar refractivity (Wildman–Crippen MR) is 111 cm³/mol. The first-order valence-corrected chi connectivity index (χ1v) is 9.78. The zero-order valence-corrected chi connectivity index (χ0v) is 17.3. The Balaban J connectivity index is 0.00000225. The number of benzene rings is 1. The maximum absolute atomic E-state index is 12.9. The molecule has 1 unspecified atom stereocenters. The fourth-order valence-corrected chi connectivity index (χ4v) is 4.19. The van der Waals surface area contributed by atoms with E-state index >= 15 is 0 Å². The highest BCUT2D eigenvalue weighted by Crippen LogP contribution is 2.26. The van der Waals surface area contributed by atoms with Crippen molar-refractivity contribution in [3.05, 3.63) is 35.1 Å². The van der Waals surface area contributed by atoms with Crippen molar-refractivity contribution in [3.8, 4) is 0 Å². The van der Waals surface area contributed by atoms with Crippen LogP contribution in [-0.2, 0) is 16.0 Å². The molecule has 2 aliphatic rings. The fraction of sp³-hybridized carbons (Fsp3) is 0.524. The minimum atomic E-state index is 0. The monoisotopic (exact) mass is 405 g/mol. The Labute approximate surface area is 171 Å². The summed E-state index contributed by atoms with van der Waals surface area (Å²) in [6, 6.07) is 4.28. The topological polar surface area (TPSA) is 65.8 Å². The number of fused-ring (bicyclic) bond motifs is 1. The van der Waals surface area contributed by atoms with Crippen molar-refractivity contribution in [1.29, 1.82) is 0 Å². The number of amides is 2. The predicted octanol–water partition coefficient (Wildman–Crippen LogP) is 2.44. The number of carbonyl (C=O) groups excluding carboxylic acids is 2. The third kappa shape index (κ3) is 4.03. The molecule has 2 aliphatic heterocycles.